The molecule has 0 fully saturated rings. The summed E-state index contributed by atoms with van der Waals surface area (Å²) in [6.45, 7) is 5.72. The Morgan fingerprint density at radius 1 is 1.33 bits per heavy atom. The second-order valence-corrected chi connectivity index (χ2v) is 8.24. The molecule has 1 aliphatic rings. The molecule has 6 nitrogen and oxygen atoms in total. The largest absolute Gasteiger partial charge is 0.503 e. The van der Waals surface area contributed by atoms with E-state index in [1.807, 2.05) is 0 Å². The average Bonchev–Trinajstić information content (AvgIpc) is 2.98. The van der Waals surface area contributed by atoms with Gasteiger partial charge in [-0.15, -0.1) is 6.58 Å². The minimum absolute atomic E-state index is 0.00997. The minimum Gasteiger partial charge on any atom is -0.503 e. The van der Waals surface area contributed by atoms with Crippen molar-refractivity contribution in [3.05, 3.63) is 79.1 Å². The van der Waals surface area contributed by atoms with Gasteiger partial charge in [0, 0.05) is 11.6 Å². The van der Waals surface area contributed by atoms with E-state index >= 15 is 0 Å². The molecule has 0 spiro atoms. The Labute approximate surface area is 185 Å². The predicted molar refractivity (Wildman–Crippen MR) is 118 cm³/mol. The molecule has 1 atom stereocenters. The average molecular weight is 491 g/mol. The maximum absolute atomic E-state index is 13.5. The van der Waals surface area contributed by atoms with Crippen molar-refractivity contribution >= 4 is 44.4 Å². The zero-order valence-corrected chi connectivity index (χ0v) is 18.5. The summed E-state index contributed by atoms with van der Waals surface area (Å²) in [7, 11) is 1.42. The van der Waals surface area contributed by atoms with Crippen LogP contribution in [0.4, 0.5) is 0 Å². The Kier molecular flexibility index (Phi) is 5.11. The van der Waals surface area contributed by atoms with E-state index < -0.39 is 11.9 Å². The number of aromatic hydroxyl groups is 1. The van der Waals surface area contributed by atoms with Crippen molar-refractivity contribution in [2.24, 2.45) is 0 Å². The van der Waals surface area contributed by atoms with E-state index in [-0.39, 0.29) is 34.8 Å². The summed E-state index contributed by atoms with van der Waals surface area (Å²) in [4.78, 5) is 28.1. The van der Waals surface area contributed by atoms with Gasteiger partial charge in [-0.3, -0.25) is 9.59 Å². The number of aryl methyl sites for hydroxylation is 1. The van der Waals surface area contributed by atoms with Gasteiger partial charge in [0.1, 0.15) is 5.58 Å². The molecule has 4 rings (SSSR count). The number of methoxy groups -OCH3 is 1. The summed E-state index contributed by atoms with van der Waals surface area (Å²) >= 11 is 9.53. The highest BCUT2D eigenvalue weighted by molar-refractivity contribution is 9.10. The van der Waals surface area contributed by atoms with Crippen LogP contribution < -0.4 is 10.2 Å². The van der Waals surface area contributed by atoms with Crippen molar-refractivity contribution in [1.29, 1.82) is 0 Å². The van der Waals surface area contributed by atoms with Crippen molar-refractivity contribution < 1.29 is 19.1 Å². The summed E-state index contributed by atoms with van der Waals surface area (Å²) in [5.41, 5.74) is 1.51. The normalized spacial score (nSPS) is 15.5. The number of carbonyl (C=O) groups is 1. The van der Waals surface area contributed by atoms with Gasteiger partial charge in [0.05, 0.1) is 28.6 Å². The SMILES string of the molecule is C=CCN1C(=O)c2oc3cc(C)c(Cl)cc3c(=O)c2C1c1cc(Br)c(O)c(OC)c1. The second kappa shape index (κ2) is 7.49. The lowest BCUT2D eigenvalue weighted by Crippen LogP contribution is -2.29. The number of phenols is 1. The molecular weight excluding hydrogens is 474 g/mol. The Bertz CT molecular complexity index is 1280. The van der Waals surface area contributed by atoms with E-state index in [9.17, 15) is 14.7 Å². The van der Waals surface area contributed by atoms with Crippen LogP contribution in [0.15, 0.2) is 50.6 Å². The molecule has 8 heteroatoms. The van der Waals surface area contributed by atoms with Crippen LogP contribution in [0.25, 0.3) is 11.0 Å². The van der Waals surface area contributed by atoms with Crippen LogP contribution >= 0.6 is 27.5 Å². The first-order valence-electron chi connectivity index (χ1n) is 9.03. The molecule has 0 saturated heterocycles. The summed E-state index contributed by atoms with van der Waals surface area (Å²) < 4.78 is 11.5. The highest BCUT2D eigenvalue weighted by Gasteiger charge is 2.42. The van der Waals surface area contributed by atoms with Crippen molar-refractivity contribution in [2.45, 2.75) is 13.0 Å². The molecule has 30 heavy (non-hydrogen) atoms. The molecule has 2 aromatic carbocycles. The maximum Gasteiger partial charge on any atom is 0.291 e. The highest BCUT2D eigenvalue weighted by atomic mass is 79.9. The van der Waals surface area contributed by atoms with Gasteiger partial charge in [0.2, 0.25) is 5.76 Å². The van der Waals surface area contributed by atoms with Crippen molar-refractivity contribution in [2.75, 3.05) is 13.7 Å². The number of ether oxygens (including phenoxy) is 1. The lowest BCUT2D eigenvalue weighted by molar-refractivity contribution is 0.0748. The molecule has 1 unspecified atom stereocenters. The van der Waals surface area contributed by atoms with Gasteiger partial charge in [0.25, 0.3) is 5.91 Å². The van der Waals surface area contributed by atoms with Crippen molar-refractivity contribution in [3.8, 4) is 11.5 Å². The third kappa shape index (κ3) is 3.00. The molecular formula is C22H17BrClNO5. The Hall–Kier alpha value is -2.77. The first kappa shape index (κ1) is 20.5. The lowest BCUT2D eigenvalue weighted by Gasteiger charge is -2.24. The summed E-state index contributed by atoms with van der Waals surface area (Å²) in [5.74, 6) is -0.287. The number of phenolic OH excluding ortho intramolecular Hbond substituents is 1. The summed E-state index contributed by atoms with van der Waals surface area (Å²) in [6, 6.07) is 5.71. The molecule has 1 aromatic heterocycles. The Balaban J connectivity index is 2.05. The number of rotatable bonds is 4. The second-order valence-electron chi connectivity index (χ2n) is 6.97. The van der Waals surface area contributed by atoms with Crippen LogP contribution in [0.3, 0.4) is 0 Å². The van der Waals surface area contributed by atoms with Crippen LogP contribution in [0, 0.1) is 6.92 Å². The molecule has 0 radical (unpaired) electrons. The number of amides is 1. The molecule has 0 aliphatic carbocycles. The topological polar surface area (TPSA) is 80.0 Å². The van der Waals surface area contributed by atoms with E-state index in [4.69, 9.17) is 20.8 Å². The highest BCUT2D eigenvalue weighted by Crippen LogP contribution is 2.43. The van der Waals surface area contributed by atoms with E-state index in [0.29, 0.717) is 26.0 Å². The van der Waals surface area contributed by atoms with Gasteiger partial charge in [-0.2, -0.15) is 0 Å². The number of halogens is 2. The molecule has 154 valence electrons. The first-order chi connectivity index (χ1) is 14.3. The van der Waals surface area contributed by atoms with Crippen molar-refractivity contribution in [1.82, 2.24) is 4.90 Å². The van der Waals surface area contributed by atoms with Gasteiger partial charge in [-0.25, -0.2) is 0 Å². The van der Waals surface area contributed by atoms with Crippen molar-refractivity contribution in [3.63, 3.8) is 0 Å². The predicted octanol–water partition coefficient (Wildman–Crippen LogP) is 4.96. The fraction of sp³-hybridized carbons (Fsp3) is 0.182. The van der Waals surface area contributed by atoms with E-state index in [0.717, 1.165) is 5.56 Å². The monoisotopic (exact) mass is 489 g/mol. The van der Waals surface area contributed by atoms with E-state index in [2.05, 4.69) is 22.5 Å². The third-order valence-electron chi connectivity index (χ3n) is 5.16. The zero-order chi connectivity index (χ0) is 21.7. The number of nitrogens with zero attached hydrogens (tertiary/aromatic N) is 1. The number of carbonyl (C=O) groups excluding carboxylic acids is 1. The van der Waals surface area contributed by atoms with Gasteiger partial charge < -0.3 is 19.2 Å². The van der Waals surface area contributed by atoms with Crippen LogP contribution in [0.1, 0.15) is 33.3 Å². The smallest absolute Gasteiger partial charge is 0.291 e. The Morgan fingerprint density at radius 2 is 2.07 bits per heavy atom. The lowest BCUT2D eigenvalue weighted by atomic mass is 9.98. The van der Waals surface area contributed by atoms with Gasteiger partial charge >= 0.3 is 0 Å². The summed E-state index contributed by atoms with van der Waals surface area (Å²) in [6.07, 6.45) is 1.58. The Morgan fingerprint density at radius 3 is 2.73 bits per heavy atom. The van der Waals surface area contributed by atoms with Gasteiger partial charge in [0.15, 0.2) is 16.9 Å². The minimum atomic E-state index is -0.739. The molecule has 3 aromatic rings. The van der Waals surface area contributed by atoms with Crippen LogP contribution in [-0.4, -0.2) is 29.6 Å². The zero-order valence-electron chi connectivity index (χ0n) is 16.2. The number of hydrogen-bond donors (Lipinski definition) is 1. The van der Waals surface area contributed by atoms with E-state index in [1.54, 1.807) is 37.3 Å². The van der Waals surface area contributed by atoms with Gasteiger partial charge in [-0.05, 0) is 58.2 Å². The standard InChI is InChI=1S/C22H17BrClNO5/c1-4-5-25-18(11-7-13(23)20(27)16(8-11)29-3)17-19(26)12-9-14(24)10(2)6-15(12)30-21(17)22(25)28/h4,6-9,18,27H,1,5H2,2-3H3. The van der Waals surface area contributed by atoms with Gasteiger partial charge in [-0.1, -0.05) is 17.7 Å². The molecule has 0 saturated carbocycles. The van der Waals surface area contributed by atoms with Crippen LogP contribution in [0.2, 0.25) is 5.02 Å². The van der Waals surface area contributed by atoms with Crippen LogP contribution in [0.5, 0.6) is 11.5 Å². The molecule has 1 N–H and O–H groups in total. The fourth-order valence-corrected chi connectivity index (χ4v) is 4.35. The van der Waals surface area contributed by atoms with E-state index in [1.165, 1.54) is 12.0 Å². The maximum atomic E-state index is 13.5. The molecule has 2 heterocycles. The quantitative estimate of drug-likeness (QED) is 0.523. The fourth-order valence-electron chi connectivity index (χ4n) is 3.72. The number of hydrogen-bond acceptors (Lipinski definition) is 5. The van der Waals surface area contributed by atoms with Crippen LogP contribution in [-0.2, 0) is 0 Å². The first-order valence-corrected chi connectivity index (χ1v) is 10.2. The number of benzene rings is 2. The third-order valence-corrected chi connectivity index (χ3v) is 6.17. The summed E-state index contributed by atoms with van der Waals surface area (Å²) in [5, 5.41) is 10.9. The molecule has 1 amide bonds. The number of fused-ring (bicyclic) bond motifs is 2. The molecule has 1 aliphatic heterocycles. The molecule has 0 bridgehead atoms.